The van der Waals surface area contributed by atoms with Crippen molar-refractivity contribution in [1.82, 2.24) is 36.0 Å². The van der Waals surface area contributed by atoms with Gasteiger partial charge in [0.05, 0.1) is 42.7 Å². The van der Waals surface area contributed by atoms with Crippen molar-refractivity contribution in [2.75, 3.05) is 53.3 Å². The maximum atomic E-state index is 14.7. The number of hydrogen-bond donors (Lipinski definition) is 7. The number of methoxy groups -OCH3 is 2. The molecule has 0 saturated carbocycles. The number of likely N-dealkylation sites (tertiary alicyclic amines) is 1. The molecule has 10 unspecified atom stereocenters. The molecule has 3 rings (SSSR count). The highest BCUT2D eigenvalue weighted by Gasteiger charge is 2.44. The van der Waals surface area contributed by atoms with Gasteiger partial charge in [0.15, 0.2) is 0 Å². The third-order valence-corrected chi connectivity index (χ3v) is 14.9. The van der Waals surface area contributed by atoms with Gasteiger partial charge in [0.25, 0.3) is 0 Å². The van der Waals surface area contributed by atoms with E-state index in [1.807, 2.05) is 83.8 Å². The molecule has 20 heteroatoms. The van der Waals surface area contributed by atoms with Gasteiger partial charge in [-0.25, -0.2) is 9.59 Å². The van der Waals surface area contributed by atoms with Crippen molar-refractivity contribution in [2.24, 2.45) is 29.4 Å². The van der Waals surface area contributed by atoms with Crippen LogP contribution in [0.4, 0.5) is 10.5 Å². The first-order valence-corrected chi connectivity index (χ1v) is 27.4. The summed E-state index contributed by atoms with van der Waals surface area (Å²) in [6.07, 6.45) is 2.84. The van der Waals surface area contributed by atoms with E-state index < -0.39 is 72.3 Å². The molecule has 0 spiro atoms. The molecule has 8 N–H and O–H groups in total. The van der Waals surface area contributed by atoms with Crippen LogP contribution in [-0.2, 0) is 55.9 Å². The van der Waals surface area contributed by atoms with E-state index in [0.717, 1.165) is 11.1 Å². The molecular weight excluding hydrogens is 987 g/mol. The van der Waals surface area contributed by atoms with Crippen LogP contribution in [0.2, 0.25) is 0 Å². The average Bonchev–Trinajstić information content (AvgIpc) is 3.88. The number of carbonyl (C=O) groups is 8. The van der Waals surface area contributed by atoms with Crippen LogP contribution in [-0.4, -0.2) is 164 Å². The third kappa shape index (κ3) is 20.0. The zero-order valence-corrected chi connectivity index (χ0v) is 47.8. The van der Waals surface area contributed by atoms with Gasteiger partial charge in [0.2, 0.25) is 35.4 Å². The van der Waals surface area contributed by atoms with Crippen molar-refractivity contribution >= 4 is 53.1 Å². The fourth-order valence-electron chi connectivity index (χ4n) is 10.3. The number of ether oxygens (including phenoxy) is 2. The summed E-state index contributed by atoms with van der Waals surface area (Å²) in [5, 5.41) is 24.0. The summed E-state index contributed by atoms with van der Waals surface area (Å²) < 4.78 is 12.0. The molecule has 2 aromatic carbocycles. The minimum Gasteiger partial charge on any atom is -0.480 e. The second-order valence-corrected chi connectivity index (χ2v) is 21.3. The number of aliphatic carboxylic acids is 1. The standard InChI is InChI=1S/C57H91N9O11/c1-13-37(7)50(45(76-11)34-47(68)66-31-20-24-44(66)51(77-12)38(8)52(69)62-43(56(73)74)33-40-21-16-15-17-22-40)65(10)55(72)48(35(3)4)63-54(71)49(36(5)6)64(9)32-29-39-25-27-41(28-26-39)60-53(70)42(61-46(67)14-2)23-18-19-30-59-57(58)75/h15-17,21-22,25-28,35-38,42-45,48-51H,13-14,18-20,23-24,29-34H2,1-12H3,(H,60,70)(H,61,67)(H,62,69)(H,63,71)(H,73,74)(H3,58,59,75). The first kappa shape index (κ1) is 65.2. The van der Waals surface area contributed by atoms with Crippen LogP contribution in [0.1, 0.15) is 118 Å². The summed E-state index contributed by atoms with van der Waals surface area (Å²) in [6, 6.07) is 11.4. The van der Waals surface area contributed by atoms with E-state index in [9.17, 15) is 43.5 Å². The quantitative estimate of drug-likeness (QED) is 0.0479. The Balaban J connectivity index is 1.70. The highest BCUT2D eigenvalue weighted by molar-refractivity contribution is 5.97. The van der Waals surface area contributed by atoms with E-state index in [2.05, 4.69) is 26.6 Å². The molecule has 8 amide bonds. The molecule has 20 nitrogen and oxygen atoms in total. The van der Waals surface area contributed by atoms with E-state index in [4.69, 9.17) is 15.2 Å². The van der Waals surface area contributed by atoms with Gasteiger partial charge < -0.3 is 56.7 Å². The Morgan fingerprint density at radius 1 is 0.792 bits per heavy atom. The Labute approximate surface area is 457 Å². The van der Waals surface area contributed by atoms with E-state index in [1.54, 1.807) is 55.0 Å². The number of nitrogens with zero attached hydrogens (tertiary/aromatic N) is 3. The number of hydrogen-bond acceptors (Lipinski definition) is 11. The highest BCUT2D eigenvalue weighted by Crippen LogP contribution is 2.30. The Morgan fingerprint density at radius 3 is 2.01 bits per heavy atom. The number of anilines is 1. The maximum Gasteiger partial charge on any atom is 0.326 e. The second-order valence-electron chi connectivity index (χ2n) is 21.3. The van der Waals surface area contributed by atoms with E-state index in [0.29, 0.717) is 70.3 Å². The zero-order valence-electron chi connectivity index (χ0n) is 47.8. The van der Waals surface area contributed by atoms with Crippen LogP contribution in [0.3, 0.4) is 0 Å². The van der Waals surface area contributed by atoms with Gasteiger partial charge in [-0.15, -0.1) is 0 Å². The van der Waals surface area contributed by atoms with E-state index in [1.165, 1.54) is 14.2 Å². The minimum absolute atomic E-state index is 0.0652. The fourth-order valence-corrected chi connectivity index (χ4v) is 10.3. The van der Waals surface area contributed by atoms with Gasteiger partial charge in [-0.1, -0.05) is 104 Å². The number of nitrogens with one attached hydrogen (secondary N) is 5. The predicted molar refractivity (Wildman–Crippen MR) is 296 cm³/mol. The lowest BCUT2D eigenvalue weighted by molar-refractivity contribution is -0.148. The summed E-state index contributed by atoms with van der Waals surface area (Å²) in [5.41, 5.74) is 7.43. The fraction of sp³-hybridized carbons (Fsp3) is 0.649. The van der Waals surface area contributed by atoms with Crippen LogP contribution in [0.5, 0.6) is 0 Å². The van der Waals surface area contributed by atoms with Crippen molar-refractivity contribution in [1.29, 1.82) is 0 Å². The lowest BCUT2D eigenvalue weighted by Gasteiger charge is -2.41. The first-order valence-electron chi connectivity index (χ1n) is 27.4. The number of rotatable bonds is 33. The lowest BCUT2D eigenvalue weighted by atomic mass is 9.89. The molecule has 0 aliphatic carbocycles. The van der Waals surface area contributed by atoms with Crippen molar-refractivity contribution in [2.45, 2.75) is 168 Å². The SMILES string of the molecule is CCC(=O)NC(CCCCNC(N)=O)C(=O)Nc1ccc(CCN(C)C(C(=O)NC(C(=O)N(C)C(C(C)CC)C(CC(=O)N2CCCC2C(OC)C(C)C(=O)NC(Cc2ccccc2)C(=O)O)OC)C(C)C)C(C)C)cc1. The number of urea groups is 1. The smallest absolute Gasteiger partial charge is 0.326 e. The van der Waals surface area contributed by atoms with Crippen molar-refractivity contribution < 1.29 is 52.9 Å². The number of nitrogens with two attached hydrogens (primary N) is 1. The maximum absolute atomic E-state index is 14.7. The Bertz CT molecular complexity index is 2210. The topological polar surface area (TPSA) is 271 Å². The third-order valence-electron chi connectivity index (χ3n) is 14.9. The van der Waals surface area contributed by atoms with Crippen molar-refractivity contribution in [3.8, 4) is 0 Å². The molecule has 1 aliphatic rings. The Morgan fingerprint density at radius 2 is 1.45 bits per heavy atom. The summed E-state index contributed by atoms with van der Waals surface area (Å²) in [7, 11) is 6.58. The van der Waals surface area contributed by atoms with Crippen LogP contribution in [0, 0.1) is 23.7 Å². The monoisotopic (exact) mass is 1080 g/mol. The summed E-state index contributed by atoms with van der Waals surface area (Å²) in [6.45, 7) is 16.4. The molecular formula is C57H91N9O11. The molecule has 1 aliphatic heterocycles. The van der Waals surface area contributed by atoms with Gasteiger partial charge >= 0.3 is 12.0 Å². The number of primary amides is 1. The largest absolute Gasteiger partial charge is 0.480 e. The van der Waals surface area contributed by atoms with Crippen molar-refractivity contribution in [3.05, 3.63) is 65.7 Å². The molecule has 10 atom stereocenters. The normalized spacial score (nSPS) is 17.0. The van der Waals surface area contributed by atoms with Gasteiger partial charge in [0.1, 0.15) is 18.1 Å². The number of likely N-dealkylation sites (N-methyl/N-ethyl adjacent to an activating group) is 2. The first-order chi connectivity index (χ1) is 36.5. The molecule has 430 valence electrons. The Hall–Kier alpha value is -6.12. The summed E-state index contributed by atoms with van der Waals surface area (Å²) in [4.78, 5) is 111. The molecule has 0 radical (unpaired) electrons. The van der Waals surface area contributed by atoms with Gasteiger partial charge in [-0.2, -0.15) is 0 Å². The number of carbonyl (C=O) groups excluding carboxylic acids is 7. The zero-order chi connectivity index (χ0) is 57.5. The molecule has 0 aromatic heterocycles. The minimum atomic E-state index is -1.16. The lowest BCUT2D eigenvalue weighted by Crippen LogP contribution is -2.60. The van der Waals surface area contributed by atoms with Crippen molar-refractivity contribution in [3.63, 3.8) is 0 Å². The highest BCUT2D eigenvalue weighted by atomic mass is 16.5. The summed E-state index contributed by atoms with van der Waals surface area (Å²) >= 11 is 0. The van der Waals surface area contributed by atoms with Crippen LogP contribution in [0.15, 0.2) is 54.6 Å². The van der Waals surface area contributed by atoms with Crippen LogP contribution < -0.4 is 32.3 Å². The van der Waals surface area contributed by atoms with E-state index in [-0.39, 0.29) is 66.6 Å². The Kier molecular flexibility index (Phi) is 27.6. The predicted octanol–water partition coefficient (Wildman–Crippen LogP) is 4.73. The van der Waals surface area contributed by atoms with Crippen LogP contribution >= 0.6 is 0 Å². The second kappa shape index (κ2) is 32.6. The molecule has 1 saturated heterocycles. The van der Waals surface area contributed by atoms with Gasteiger partial charge in [-0.05, 0) is 86.6 Å². The number of benzene rings is 2. The van der Waals surface area contributed by atoms with E-state index >= 15 is 0 Å². The van der Waals surface area contributed by atoms with Gasteiger partial charge in [-0.3, -0.25) is 33.7 Å². The number of unbranched alkanes of at least 4 members (excludes halogenated alkanes) is 1. The molecule has 2 aromatic rings. The average molecular weight is 1080 g/mol. The number of carboxylic acids is 1. The van der Waals surface area contributed by atoms with Crippen LogP contribution in [0.25, 0.3) is 0 Å². The molecule has 77 heavy (non-hydrogen) atoms. The summed E-state index contributed by atoms with van der Waals surface area (Å²) in [5.74, 6) is -4.42. The molecule has 1 fully saturated rings. The molecule has 0 bridgehead atoms. The number of carboxylic acid groups (broad SMARTS) is 1. The molecule has 1 heterocycles. The van der Waals surface area contributed by atoms with Gasteiger partial charge in [0, 0.05) is 59.4 Å². The number of amides is 8.